The van der Waals surface area contributed by atoms with Gasteiger partial charge >= 0.3 is 64.3 Å². The molecule has 10 unspecified atom stereocenters. The van der Waals surface area contributed by atoms with Crippen LogP contribution in [0.3, 0.4) is 0 Å². The van der Waals surface area contributed by atoms with Gasteiger partial charge in [-0.15, -0.1) is 0 Å². The van der Waals surface area contributed by atoms with Crippen molar-refractivity contribution in [1.82, 2.24) is 67.3 Å². The Balaban J connectivity index is 0.797. The van der Waals surface area contributed by atoms with Gasteiger partial charge in [0.2, 0.25) is 0 Å². The zero-order valence-electron chi connectivity index (χ0n) is 78.5. The predicted molar refractivity (Wildman–Crippen MR) is 501 cm³/mol. The Hall–Kier alpha value is -7.15. The number of aryl methyl sites for hydroxylation is 5. The van der Waals surface area contributed by atoms with Gasteiger partial charge in [-0.25, -0.2) is 52.6 Å². The minimum atomic E-state index is -5.97. The Morgan fingerprint density at radius 2 is 0.762 bits per heavy atom. The number of thiol groups is 1. The summed E-state index contributed by atoms with van der Waals surface area (Å²) in [7, 11) is -5.14. The average molecular weight is 2190 g/mol. The number of hydrogen-bond acceptors (Lipinski definition) is 49. The Kier molecular flexibility index (Phi) is 38.8. The molecule has 13 rings (SSSR count). The fraction of sp³-hybridized carbons (Fsp3) is 0.671. The van der Waals surface area contributed by atoms with E-state index in [-0.39, 0.29) is 129 Å². The number of aromatic amines is 2. The number of H-pyrrole nitrogens is 2. The van der Waals surface area contributed by atoms with Gasteiger partial charge in [-0.2, -0.15) is 15.0 Å². The highest BCUT2D eigenvalue weighted by Gasteiger charge is 2.59. The van der Waals surface area contributed by atoms with Crippen LogP contribution in [0.25, 0.3) is 11.2 Å². The number of imidazole rings is 1. The molecule has 0 radical (unpaired) electrons. The van der Waals surface area contributed by atoms with Gasteiger partial charge in [0.05, 0.1) is 118 Å². The van der Waals surface area contributed by atoms with E-state index in [1.807, 2.05) is 0 Å². The molecular formula is C76H113N18O41P5S3. The van der Waals surface area contributed by atoms with Gasteiger partial charge in [0.1, 0.15) is 127 Å². The molecule has 6 aliphatic heterocycles. The standard InChI is InChI=1S/C76H113N18O41P5S3/c1-12-41-42(23-48(125-41)89-27-39(5)65(96)87-75(89)101)131-138(107,141)123-32-46-52(57(117-20-15-112-9)68(129-46)91-25-37(3)61(78)85-73(91)99)133-136(103,104)120-30-44-51(56(116-19-14-111-8)69(127-44)93-28-40(6)66(97)88-76(93)102)132-137(105,106)121-31-45-53(58(118-21-16-113-10)70(128-45)92-26-38(4)62(79)86-74(92)100)134-140(109,143)124-33-47-54(59(119-22-17-114-11)71(130-47)94-35-83-49-63(80)81-34-82-64(49)94)135-139(108,142)122-29-43-50(95)55(115-18-13-110-7)67(126-43)90-24-36(2)60(77)84-72(90)98/h24-28,34-35,41-48,50-59,67-71,95H,12-23,29-33H2,1-11H3,(H,103,104)(H,105,106)(H,107,141)(H,108,142)(H,109,143)(H2,77,84,98)(H2,78,85,99)(H2,79,86,100)(H2,80,81,82)(H,87,96,101)(H,88,97,102)/t41-,42-,43-,44-,45-,46-,47-,48-,50+,51+,52+,53+,54+,55?,56?,57?,58?,59?,67-,68-,69-,70-,71-,138?,139?,140?/m1/s1. The number of nitrogens with one attached hydrogen (secondary N) is 2. The van der Waals surface area contributed by atoms with Crippen LogP contribution in [0.4, 0.5) is 23.3 Å². The van der Waals surface area contributed by atoms with E-state index in [9.17, 15) is 58.2 Å². The van der Waals surface area contributed by atoms with Gasteiger partial charge in [-0.1, -0.05) is 19.2 Å². The SMILES string of the molecule is CC[C@H]1O[C@@H](n2cc(C)c(=O)[nH]c2=O)C[C@H]1OP(O)(=S)OC[C@H]1O[C@@H](n2cc(C)c(N)nc2=O)C(OCCOC)[C@H]1OP(=O)(O)OC[C@H]1O[C@@H](n2cc(C)c(=O)[nH]c2=O)C(OCCOC)[C@H]1OP(=O)(O)OC[C@H]1O[C@@H](n2cc(C)c(N)nc2=O)C(OCCOC)[C@H]1OP(=O)(S)OC[C@H]1O[C@@H](n2cnc3c(N)ncnc32)C(OCCOC)[C@H]1OP(O)(=S)OC[C@H]1O[C@@H](n2cc(C)c(N)nc2=O)C(OCCOC)[C@H]1O. The Labute approximate surface area is 826 Å². The normalized spacial score (nSPS) is 29.4. The van der Waals surface area contributed by atoms with Gasteiger partial charge in [0.15, 0.2) is 42.6 Å². The highest BCUT2D eigenvalue weighted by atomic mass is 32.7. The first-order valence-corrected chi connectivity index (χ1v) is 54.7. The minimum Gasteiger partial charge on any atom is -0.387 e. The molecule has 6 fully saturated rings. The molecule has 6 saturated heterocycles. The van der Waals surface area contributed by atoms with Crippen molar-refractivity contribution in [1.29, 1.82) is 0 Å². The zero-order chi connectivity index (χ0) is 104. The molecule has 7 aromatic rings. The molecule has 0 saturated carbocycles. The number of anilines is 4. The third-order valence-electron chi connectivity index (χ3n) is 23.2. The van der Waals surface area contributed by atoms with Crippen LogP contribution in [0.2, 0.25) is 0 Å². The number of rotatable bonds is 52. The minimum absolute atomic E-state index is 0.0415. The van der Waals surface area contributed by atoms with Crippen LogP contribution in [0.1, 0.15) is 85.0 Å². The summed E-state index contributed by atoms with van der Waals surface area (Å²) in [4.78, 5) is 171. The predicted octanol–water partition coefficient (Wildman–Crippen LogP) is -1.05. The largest absolute Gasteiger partial charge is 0.472 e. The van der Waals surface area contributed by atoms with E-state index in [2.05, 4.69) is 52.1 Å². The third-order valence-corrected chi connectivity index (χ3v) is 29.9. The third kappa shape index (κ3) is 27.6. The lowest BCUT2D eigenvalue weighted by molar-refractivity contribution is -0.0853. The molecule has 13 heterocycles. The Bertz CT molecular complexity index is 6290. The van der Waals surface area contributed by atoms with Crippen molar-refractivity contribution in [3.8, 4) is 0 Å². The monoisotopic (exact) mass is 2180 g/mol. The lowest BCUT2D eigenvalue weighted by atomic mass is 10.1. The van der Waals surface area contributed by atoms with E-state index in [0.717, 1.165) is 35.4 Å². The maximum absolute atomic E-state index is 15.6. The molecule has 0 aliphatic carbocycles. The number of methoxy groups -OCH3 is 5. The first-order chi connectivity index (χ1) is 67.8. The van der Waals surface area contributed by atoms with E-state index >= 15 is 13.7 Å². The van der Waals surface area contributed by atoms with Crippen molar-refractivity contribution in [2.45, 2.75) is 196 Å². The number of phosphoric ester groups is 2. The van der Waals surface area contributed by atoms with Gasteiger partial charge < -0.3 is 137 Å². The summed E-state index contributed by atoms with van der Waals surface area (Å²) in [6, 6.07) is 0. The van der Waals surface area contributed by atoms with E-state index in [4.69, 9.17) is 168 Å². The van der Waals surface area contributed by atoms with E-state index in [1.54, 1.807) is 13.8 Å². The first kappa shape index (κ1) is 113. The van der Waals surface area contributed by atoms with E-state index in [0.29, 0.717) is 5.56 Å². The fourth-order valence-electron chi connectivity index (χ4n) is 16.1. The lowest BCUT2D eigenvalue weighted by Gasteiger charge is -2.30. The maximum Gasteiger partial charge on any atom is 0.472 e. The second kappa shape index (κ2) is 49.1. The summed E-state index contributed by atoms with van der Waals surface area (Å²) in [6.45, 7) is -12.8. The number of aliphatic hydroxyl groups excluding tert-OH is 1. The van der Waals surface area contributed by atoms with Gasteiger partial charge in [0, 0.05) is 101 Å². The molecule has 6 aliphatic rings. The number of nitrogens with zero attached hydrogens (tertiary/aromatic N) is 12. The lowest BCUT2D eigenvalue weighted by Crippen LogP contribution is -2.42. The molecule has 15 N–H and O–H groups in total. The quantitative estimate of drug-likeness (QED) is 0.0123. The van der Waals surface area contributed by atoms with Crippen LogP contribution in [-0.4, -0.2) is 330 Å². The number of aromatic nitrogens is 14. The molecule has 0 amide bonds. The summed E-state index contributed by atoms with van der Waals surface area (Å²) in [5.74, 6) is -0.576. The van der Waals surface area contributed by atoms with Crippen molar-refractivity contribution in [3.05, 3.63) is 145 Å². The van der Waals surface area contributed by atoms with Crippen molar-refractivity contribution in [2.24, 2.45) is 0 Å². The van der Waals surface area contributed by atoms with Gasteiger partial charge in [0.25, 0.3) is 11.1 Å². The number of aliphatic hydroxyl groups is 1. The number of fused-ring (bicyclic) bond motifs is 1. The maximum atomic E-state index is 15.6. The molecule has 0 bridgehead atoms. The summed E-state index contributed by atoms with van der Waals surface area (Å²) >= 11 is 15.7. The molecule has 7 aromatic heterocycles. The molecule has 59 nitrogen and oxygen atoms in total. The number of nitrogens with two attached hydrogens (primary N) is 4. The second-order valence-corrected chi connectivity index (χ2v) is 44.3. The van der Waals surface area contributed by atoms with Gasteiger partial charge in [-0.05, 0) is 64.7 Å². The molecule has 143 heavy (non-hydrogen) atoms. The number of phosphoric acid groups is 2. The van der Waals surface area contributed by atoms with Crippen LogP contribution in [0, 0.1) is 34.6 Å². The van der Waals surface area contributed by atoms with Crippen LogP contribution in [0.15, 0.2) is 77.2 Å². The van der Waals surface area contributed by atoms with Crippen molar-refractivity contribution < 1.29 is 159 Å². The molecule has 0 spiro atoms. The zero-order valence-corrected chi connectivity index (χ0v) is 85.4. The van der Waals surface area contributed by atoms with E-state index in [1.165, 1.54) is 98.9 Å². The number of hydrogen-bond donors (Lipinski definition) is 12. The highest BCUT2D eigenvalue weighted by molar-refractivity contribution is 8.44. The van der Waals surface area contributed by atoms with Gasteiger partial charge in [-0.3, -0.25) is 78.6 Å². The Morgan fingerprint density at radius 3 is 1.20 bits per heavy atom. The fourth-order valence-corrected chi connectivity index (χ4v) is 22.4. The molecule has 28 atom stereocenters. The second-order valence-electron chi connectivity index (χ2n) is 33.0. The van der Waals surface area contributed by atoms with Crippen molar-refractivity contribution in [2.75, 3.05) is 158 Å². The number of nitrogen functional groups attached to an aromatic ring is 4. The van der Waals surface area contributed by atoms with Crippen LogP contribution in [-0.2, 0) is 158 Å². The average Bonchev–Trinajstić information content (AvgIpc) is 1.62. The summed E-state index contributed by atoms with van der Waals surface area (Å²) in [5, 5.41) is 11.8. The van der Waals surface area contributed by atoms with Crippen LogP contribution >= 0.6 is 48.1 Å². The molecule has 796 valence electrons. The summed E-state index contributed by atoms with van der Waals surface area (Å²) < 4.78 is 208. The topological polar surface area (TPSA) is 754 Å². The molecule has 0 aromatic carbocycles. The first-order valence-electron chi connectivity index (χ1n) is 43.9. The number of ether oxygens (including phenoxy) is 16. The molecular weight excluding hydrogens is 2070 g/mol. The molecule has 67 heteroatoms. The summed E-state index contributed by atoms with van der Waals surface area (Å²) in [5.41, 5.74) is 18.9. The van der Waals surface area contributed by atoms with Crippen molar-refractivity contribution in [3.63, 3.8) is 0 Å². The van der Waals surface area contributed by atoms with Crippen LogP contribution < -0.4 is 62.5 Å². The van der Waals surface area contributed by atoms with Crippen molar-refractivity contribution >= 4 is 106 Å². The Morgan fingerprint density at radius 1 is 0.413 bits per heavy atom. The highest BCUT2D eigenvalue weighted by Crippen LogP contribution is 2.60. The smallest absolute Gasteiger partial charge is 0.387 e. The van der Waals surface area contributed by atoms with Crippen LogP contribution in [0.5, 0.6) is 0 Å². The van der Waals surface area contributed by atoms with E-state index < -0.39 is 256 Å². The summed E-state index contributed by atoms with van der Waals surface area (Å²) in [6.07, 6.45) is -28.9.